The number of fused-ring (bicyclic) bond motifs is 5. The zero-order valence-electron chi connectivity index (χ0n) is 20.2. The van der Waals surface area contributed by atoms with Crippen LogP contribution in [-0.2, 0) is 4.74 Å². The molecular weight excluding hydrogens is 429 g/mol. The highest BCUT2D eigenvalue weighted by Crippen LogP contribution is 2.67. The number of aliphatic hydroxyl groups is 2. The van der Waals surface area contributed by atoms with Crippen LogP contribution in [0.1, 0.15) is 90.9 Å². The third-order valence-electron chi connectivity index (χ3n) is 11.2. The summed E-state index contributed by atoms with van der Waals surface area (Å²) in [7, 11) is 0. The van der Waals surface area contributed by atoms with Gasteiger partial charge in [-0.05, 0) is 92.3 Å². The Balaban J connectivity index is 1.28. The zero-order valence-corrected chi connectivity index (χ0v) is 20.2. The molecule has 0 bridgehead atoms. The Morgan fingerprint density at radius 3 is 2.52 bits per heavy atom. The van der Waals surface area contributed by atoms with Gasteiger partial charge in [-0.15, -0.1) is 0 Å². The first-order valence-electron chi connectivity index (χ1n) is 13.2. The van der Waals surface area contributed by atoms with Gasteiger partial charge < -0.3 is 14.9 Å². The molecule has 0 radical (unpaired) electrons. The molecular formula is C27H41F3O3. The van der Waals surface area contributed by atoms with Crippen LogP contribution in [0.15, 0.2) is 11.6 Å². The molecule has 2 N–H and O–H groups in total. The summed E-state index contributed by atoms with van der Waals surface area (Å²) in [6, 6.07) is 0. The maximum absolute atomic E-state index is 13.5. The molecule has 0 aromatic rings. The lowest BCUT2D eigenvalue weighted by molar-refractivity contribution is -0.271. The molecule has 5 aliphatic rings. The van der Waals surface area contributed by atoms with E-state index < -0.39 is 17.4 Å². The molecule has 0 aromatic heterocycles. The number of ether oxygens (including phenoxy) is 1. The smallest absolute Gasteiger partial charge is 0.387 e. The third kappa shape index (κ3) is 3.81. The first kappa shape index (κ1) is 24.1. The van der Waals surface area contributed by atoms with Gasteiger partial charge in [-0.1, -0.05) is 31.9 Å². The summed E-state index contributed by atoms with van der Waals surface area (Å²) in [5.74, 6) is 2.29. The summed E-state index contributed by atoms with van der Waals surface area (Å²) in [6.45, 7) is 5.80. The standard InChI is InChI=1S/C27H41F3O3/c1-23-11-9-22-20(7-5-19-16-26(32,27(28,29)30)13-12-24(19,22)2)21(23)8-6-18(23)4-3-10-25(31)14-15-33-17-25/h5,18,20-22,31-32H,3-4,6-17H2,1-2H3/t18?,20?,21?,22?,23?,24?,25?,26-/m0/s1. The number of hydrogen-bond acceptors (Lipinski definition) is 3. The van der Waals surface area contributed by atoms with E-state index in [0.29, 0.717) is 48.7 Å². The van der Waals surface area contributed by atoms with E-state index in [1.165, 1.54) is 12.8 Å². The zero-order chi connectivity index (χ0) is 23.7. The third-order valence-corrected chi connectivity index (χ3v) is 11.2. The maximum Gasteiger partial charge on any atom is 0.417 e. The molecule has 8 atom stereocenters. The average molecular weight is 471 g/mol. The van der Waals surface area contributed by atoms with Gasteiger partial charge in [0, 0.05) is 19.4 Å². The molecule has 1 saturated heterocycles. The summed E-state index contributed by atoms with van der Waals surface area (Å²) < 4.78 is 46.0. The molecule has 4 fully saturated rings. The van der Waals surface area contributed by atoms with Crippen LogP contribution in [0.4, 0.5) is 13.2 Å². The number of alkyl halides is 3. The topological polar surface area (TPSA) is 49.7 Å². The van der Waals surface area contributed by atoms with Crippen LogP contribution in [-0.4, -0.2) is 40.8 Å². The normalized spacial score (nSPS) is 49.8. The van der Waals surface area contributed by atoms with E-state index in [9.17, 15) is 23.4 Å². The van der Waals surface area contributed by atoms with Crippen molar-refractivity contribution in [3.05, 3.63) is 11.6 Å². The van der Waals surface area contributed by atoms with E-state index in [1.54, 1.807) is 0 Å². The molecule has 7 unspecified atom stereocenters. The molecule has 33 heavy (non-hydrogen) atoms. The van der Waals surface area contributed by atoms with E-state index in [1.807, 2.05) is 0 Å². The van der Waals surface area contributed by atoms with Crippen molar-refractivity contribution in [3.63, 3.8) is 0 Å². The van der Waals surface area contributed by atoms with Crippen LogP contribution in [0.3, 0.4) is 0 Å². The quantitative estimate of drug-likeness (QED) is 0.483. The lowest BCUT2D eigenvalue weighted by Gasteiger charge is -2.59. The van der Waals surface area contributed by atoms with Crippen molar-refractivity contribution < 1.29 is 28.1 Å². The summed E-state index contributed by atoms with van der Waals surface area (Å²) in [4.78, 5) is 0. The van der Waals surface area contributed by atoms with E-state index in [2.05, 4.69) is 19.9 Å². The number of hydrogen-bond donors (Lipinski definition) is 2. The first-order chi connectivity index (χ1) is 15.4. The van der Waals surface area contributed by atoms with Crippen molar-refractivity contribution >= 4 is 0 Å². The van der Waals surface area contributed by atoms with Gasteiger partial charge >= 0.3 is 6.18 Å². The van der Waals surface area contributed by atoms with Crippen LogP contribution < -0.4 is 0 Å². The summed E-state index contributed by atoms with van der Waals surface area (Å²) in [6.07, 6.45) is 6.88. The van der Waals surface area contributed by atoms with Crippen molar-refractivity contribution in [2.24, 2.45) is 34.5 Å². The van der Waals surface area contributed by atoms with Gasteiger partial charge in [0.25, 0.3) is 0 Å². The van der Waals surface area contributed by atoms with Gasteiger partial charge in [0.15, 0.2) is 5.60 Å². The van der Waals surface area contributed by atoms with Crippen LogP contribution in [0.2, 0.25) is 0 Å². The largest absolute Gasteiger partial charge is 0.417 e. The predicted molar refractivity (Wildman–Crippen MR) is 120 cm³/mol. The average Bonchev–Trinajstić information content (AvgIpc) is 3.31. The number of rotatable bonds is 4. The predicted octanol–water partition coefficient (Wildman–Crippen LogP) is 6.18. The van der Waals surface area contributed by atoms with Gasteiger partial charge in [0.2, 0.25) is 0 Å². The van der Waals surface area contributed by atoms with Gasteiger partial charge in [-0.2, -0.15) is 13.2 Å². The van der Waals surface area contributed by atoms with Crippen LogP contribution in [0, 0.1) is 34.5 Å². The van der Waals surface area contributed by atoms with Crippen molar-refractivity contribution in [1.29, 1.82) is 0 Å². The molecule has 1 aliphatic heterocycles. The summed E-state index contributed by atoms with van der Waals surface area (Å²) in [5, 5.41) is 21.0. The molecule has 3 saturated carbocycles. The minimum Gasteiger partial charge on any atom is -0.387 e. The highest BCUT2D eigenvalue weighted by molar-refractivity contribution is 5.27. The fourth-order valence-electron chi connectivity index (χ4n) is 8.94. The second-order valence-corrected chi connectivity index (χ2v) is 12.7. The number of allylic oxidation sites excluding steroid dienone is 1. The van der Waals surface area contributed by atoms with Gasteiger partial charge in [-0.25, -0.2) is 0 Å². The Hall–Kier alpha value is -0.590. The molecule has 3 nitrogen and oxygen atoms in total. The monoisotopic (exact) mass is 470 g/mol. The highest BCUT2D eigenvalue weighted by Gasteiger charge is 2.63. The van der Waals surface area contributed by atoms with E-state index >= 15 is 0 Å². The maximum atomic E-state index is 13.5. The van der Waals surface area contributed by atoms with Crippen LogP contribution >= 0.6 is 0 Å². The number of halogens is 3. The van der Waals surface area contributed by atoms with E-state index in [0.717, 1.165) is 50.5 Å². The molecule has 188 valence electrons. The Kier molecular flexibility index (Phi) is 5.82. The van der Waals surface area contributed by atoms with Crippen molar-refractivity contribution in [2.45, 2.75) is 108 Å². The lowest BCUT2D eigenvalue weighted by Crippen LogP contribution is -2.55. The molecule has 6 heteroatoms. The lowest BCUT2D eigenvalue weighted by atomic mass is 9.46. The van der Waals surface area contributed by atoms with Crippen molar-refractivity contribution in [1.82, 2.24) is 0 Å². The van der Waals surface area contributed by atoms with Gasteiger partial charge in [0.1, 0.15) is 0 Å². The summed E-state index contributed by atoms with van der Waals surface area (Å²) >= 11 is 0. The molecule has 5 rings (SSSR count). The molecule has 1 heterocycles. The molecule has 0 aromatic carbocycles. The van der Waals surface area contributed by atoms with Crippen LogP contribution in [0.5, 0.6) is 0 Å². The minimum atomic E-state index is -4.56. The Morgan fingerprint density at radius 2 is 1.82 bits per heavy atom. The molecule has 0 amide bonds. The van der Waals surface area contributed by atoms with Crippen LogP contribution in [0.25, 0.3) is 0 Å². The highest BCUT2D eigenvalue weighted by atomic mass is 19.4. The minimum absolute atomic E-state index is 0.176. The SMILES string of the molecule is CC12CC[C@@](O)(C(F)(F)F)CC1=CCC1C2CCC2(C)C(CCCC3(O)CCOC3)CCC12. The second kappa shape index (κ2) is 7.96. The van der Waals surface area contributed by atoms with Crippen molar-refractivity contribution in [3.8, 4) is 0 Å². The molecule has 0 spiro atoms. The molecule has 4 aliphatic carbocycles. The second-order valence-electron chi connectivity index (χ2n) is 12.7. The summed E-state index contributed by atoms with van der Waals surface area (Å²) in [5.41, 5.74) is -2.22. The Morgan fingerprint density at radius 1 is 1.03 bits per heavy atom. The van der Waals surface area contributed by atoms with Crippen molar-refractivity contribution in [2.75, 3.05) is 13.2 Å². The Bertz CT molecular complexity index is 788. The Labute approximate surface area is 196 Å². The fourth-order valence-corrected chi connectivity index (χ4v) is 8.94. The van der Waals surface area contributed by atoms with Gasteiger partial charge in [0.05, 0.1) is 12.2 Å². The van der Waals surface area contributed by atoms with E-state index in [-0.39, 0.29) is 18.3 Å². The van der Waals surface area contributed by atoms with Gasteiger partial charge in [-0.3, -0.25) is 0 Å². The fraction of sp³-hybridized carbons (Fsp3) is 0.926. The van der Waals surface area contributed by atoms with E-state index in [4.69, 9.17) is 4.74 Å². The first-order valence-corrected chi connectivity index (χ1v) is 13.2.